The standard InChI is InChI=1S/C4H9NO2.2C2H4O2/c1-4(6)7-5(2)3;2*1-2(3)4/h1-3H3;2*1H3,(H,3,4). The van der Waals surface area contributed by atoms with Gasteiger partial charge in [0.15, 0.2) is 0 Å². The van der Waals surface area contributed by atoms with Gasteiger partial charge >= 0.3 is 5.97 Å². The first-order valence-electron chi connectivity index (χ1n) is 3.84. The number of carboxylic acids is 2. The van der Waals surface area contributed by atoms with Gasteiger partial charge in [0, 0.05) is 34.9 Å². The lowest BCUT2D eigenvalue weighted by atomic mass is 10.8. The molecule has 0 spiro atoms. The molecule has 0 aliphatic heterocycles. The summed E-state index contributed by atoms with van der Waals surface area (Å²) in [7, 11) is 3.31. The minimum Gasteiger partial charge on any atom is -0.481 e. The highest BCUT2D eigenvalue weighted by Crippen LogP contribution is 1.76. The van der Waals surface area contributed by atoms with E-state index in [1.807, 2.05) is 0 Å². The van der Waals surface area contributed by atoms with Gasteiger partial charge in [-0.15, -0.1) is 5.06 Å². The van der Waals surface area contributed by atoms with Gasteiger partial charge in [0.25, 0.3) is 11.9 Å². The van der Waals surface area contributed by atoms with Crippen molar-refractivity contribution in [2.45, 2.75) is 20.8 Å². The van der Waals surface area contributed by atoms with Gasteiger partial charge in [0.1, 0.15) is 0 Å². The highest BCUT2D eigenvalue weighted by Gasteiger charge is 1.90. The van der Waals surface area contributed by atoms with Crippen molar-refractivity contribution in [3.8, 4) is 0 Å². The molecule has 0 fully saturated rings. The van der Waals surface area contributed by atoms with Crippen molar-refractivity contribution >= 4 is 17.9 Å². The molecular formula is C8H17NO6. The molecule has 7 heteroatoms. The number of carbonyl (C=O) groups excluding carboxylic acids is 1. The first kappa shape index (κ1) is 19.0. The van der Waals surface area contributed by atoms with Gasteiger partial charge in [0.2, 0.25) is 0 Å². The Labute approximate surface area is 88.2 Å². The molecule has 0 aliphatic rings. The van der Waals surface area contributed by atoms with Crippen molar-refractivity contribution in [1.29, 1.82) is 0 Å². The minimum absolute atomic E-state index is 0.287. The van der Waals surface area contributed by atoms with Crippen LogP contribution in [-0.2, 0) is 19.2 Å². The summed E-state index contributed by atoms with van der Waals surface area (Å²) in [6.07, 6.45) is 0. The molecule has 90 valence electrons. The van der Waals surface area contributed by atoms with E-state index in [9.17, 15) is 4.79 Å². The molecule has 15 heavy (non-hydrogen) atoms. The number of hydroxylamine groups is 2. The van der Waals surface area contributed by atoms with Crippen LogP contribution in [0.1, 0.15) is 20.8 Å². The Hall–Kier alpha value is -1.63. The maximum absolute atomic E-state index is 9.99. The molecule has 0 atom stereocenters. The fourth-order valence-electron chi connectivity index (χ4n) is 0.257. The molecule has 0 aliphatic carbocycles. The summed E-state index contributed by atoms with van der Waals surface area (Å²) in [5.74, 6) is -1.95. The van der Waals surface area contributed by atoms with Crippen LogP contribution >= 0.6 is 0 Å². The molecule has 0 saturated heterocycles. The average molecular weight is 223 g/mol. The van der Waals surface area contributed by atoms with Crippen LogP contribution in [0.3, 0.4) is 0 Å². The van der Waals surface area contributed by atoms with Crippen molar-refractivity contribution in [2.24, 2.45) is 0 Å². The Bertz CT molecular complexity index is 181. The van der Waals surface area contributed by atoms with Crippen LogP contribution in [0.15, 0.2) is 0 Å². The van der Waals surface area contributed by atoms with Crippen molar-refractivity contribution in [1.82, 2.24) is 5.06 Å². The number of nitrogens with zero attached hydrogens (tertiary/aromatic N) is 1. The van der Waals surface area contributed by atoms with Crippen molar-refractivity contribution in [2.75, 3.05) is 14.1 Å². The molecule has 0 heterocycles. The van der Waals surface area contributed by atoms with Gasteiger partial charge in [-0.25, -0.2) is 0 Å². The summed E-state index contributed by atoms with van der Waals surface area (Å²) < 4.78 is 0. The zero-order chi connectivity index (χ0) is 13.0. The molecule has 0 radical (unpaired) electrons. The predicted octanol–water partition coefficient (Wildman–Crippen LogP) is 0.208. The van der Waals surface area contributed by atoms with E-state index in [2.05, 4.69) is 4.84 Å². The number of hydrogen-bond donors (Lipinski definition) is 2. The van der Waals surface area contributed by atoms with E-state index in [1.54, 1.807) is 14.1 Å². The van der Waals surface area contributed by atoms with Gasteiger partial charge in [-0.2, -0.15) is 0 Å². The van der Waals surface area contributed by atoms with Gasteiger partial charge < -0.3 is 15.1 Å². The van der Waals surface area contributed by atoms with Crippen LogP contribution in [0.25, 0.3) is 0 Å². The lowest BCUT2D eigenvalue weighted by molar-refractivity contribution is -0.175. The third kappa shape index (κ3) is 237. The van der Waals surface area contributed by atoms with E-state index in [4.69, 9.17) is 19.8 Å². The van der Waals surface area contributed by atoms with Crippen LogP contribution in [-0.4, -0.2) is 47.3 Å². The second kappa shape index (κ2) is 12.4. The molecule has 0 aromatic rings. The molecule has 0 bridgehead atoms. The largest absolute Gasteiger partial charge is 0.481 e. The molecule has 0 unspecified atom stereocenters. The van der Waals surface area contributed by atoms with Crippen LogP contribution in [0.5, 0.6) is 0 Å². The molecule has 0 amide bonds. The number of carboxylic acid groups (broad SMARTS) is 2. The zero-order valence-electron chi connectivity index (χ0n) is 9.47. The Balaban J connectivity index is -0.000000155. The van der Waals surface area contributed by atoms with E-state index in [1.165, 1.54) is 12.0 Å². The van der Waals surface area contributed by atoms with Crippen LogP contribution in [0.2, 0.25) is 0 Å². The van der Waals surface area contributed by atoms with E-state index in [-0.39, 0.29) is 5.97 Å². The minimum atomic E-state index is -0.833. The Morgan fingerprint density at radius 3 is 1.13 bits per heavy atom. The van der Waals surface area contributed by atoms with E-state index >= 15 is 0 Å². The first-order valence-corrected chi connectivity index (χ1v) is 3.84. The van der Waals surface area contributed by atoms with Crippen molar-refractivity contribution in [3.63, 3.8) is 0 Å². The Kier molecular flexibility index (Phi) is 15.7. The van der Waals surface area contributed by atoms with Gasteiger partial charge in [-0.1, -0.05) is 0 Å². The average Bonchev–Trinajstić information content (AvgIpc) is 1.78. The number of carbonyl (C=O) groups is 3. The van der Waals surface area contributed by atoms with E-state index in [0.29, 0.717) is 0 Å². The summed E-state index contributed by atoms with van der Waals surface area (Å²) >= 11 is 0. The second-order valence-corrected chi connectivity index (χ2v) is 2.43. The molecule has 2 N–H and O–H groups in total. The third-order valence-corrected chi connectivity index (χ3v) is 0.311. The normalized spacial score (nSPS) is 7.60. The number of hydrogen-bond acceptors (Lipinski definition) is 5. The molecular weight excluding hydrogens is 206 g/mol. The first-order chi connectivity index (χ1) is 6.59. The predicted molar refractivity (Wildman–Crippen MR) is 52.1 cm³/mol. The maximum atomic E-state index is 9.99. The summed E-state index contributed by atoms with van der Waals surface area (Å²) in [5, 5.41) is 16.2. The lowest BCUT2D eigenvalue weighted by Crippen LogP contribution is -2.15. The summed E-state index contributed by atoms with van der Waals surface area (Å²) in [6.45, 7) is 3.53. The molecule has 0 aromatic carbocycles. The lowest BCUT2D eigenvalue weighted by Gasteiger charge is -2.05. The molecule has 0 saturated carbocycles. The zero-order valence-corrected chi connectivity index (χ0v) is 9.47. The van der Waals surface area contributed by atoms with Gasteiger partial charge in [0.05, 0.1) is 0 Å². The summed E-state index contributed by atoms with van der Waals surface area (Å²) in [6, 6.07) is 0. The highest BCUT2D eigenvalue weighted by atomic mass is 16.7. The van der Waals surface area contributed by atoms with Crippen molar-refractivity contribution in [3.05, 3.63) is 0 Å². The Morgan fingerprint density at radius 2 is 1.13 bits per heavy atom. The number of aliphatic carboxylic acids is 2. The summed E-state index contributed by atoms with van der Waals surface area (Å²) in [4.78, 5) is 32.4. The van der Waals surface area contributed by atoms with E-state index in [0.717, 1.165) is 13.8 Å². The molecule has 7 nitrogen and oxygen atoms in total. The van der Waals surface area contributed by atoms with Crippen LogP contribution < -0.4 is 0 Å². The highest BCUT2D eigenvalue weighted by molar-refractivity contribution is 5.65. The van der Waals surface area contributed by atoms with E-state index < -0.39 is 11.9 Å². The quantitative estimate of drug-likeness (QED) is 0.612. The molecule has 0 rings (SSSR count). The fraction of sp³-hybridized carbons (Fsp3) is 0.625. The van der Waals surface area contributed by atoms with Gasteiger partial charge in [-0.3, -0.25) is 14.4 Å². The maximum Gasteiger partial charge on any atom is 0.321 e. The van der Waals surface area contributed by atoms with Crippen molar-refractivity contribution < 1.29 is 29.4 Å². The third-order valence-electron chi connectivity index (χ3n) is 0.311. The van der Waals surface area contributed by atoms with Crippen LogP contribution in [0.4, 0.5) is 0 Å². The fourth-order valence-corrected chi connectivity index (χ4v) is 0.257. The molecule has 0 aromatic heterocycles. The van der Waals surface area contributed by atoms with Crippen LogP contribution in [0, 0.1) is 0 Å². The topological polar surface area (TPSA) is 104 Å². The number of rotatable bonds is 1. The smallest absolute Gasteiger partial charge is 0.321 e. The monoisotopic (exact) mass is 223 g/mol. The second-order valence-electron chi connectivity index (χ2n) is 2.43. The van der Waals surface area contributed by atoms with Gasteiger partial charge in [-0.05, 0) is 0 Å². The SMILES string of the molecule is CC(=O)O.CC(=O)O.CC(=O)ON(C)C. The summed E-state index contributed by atoms with van der Waals surface area (Å²) in [5.41, 5.74) is 0. The Morgan fingerprint density at radius 1 is 0.933 bits per heavy atom.